The Morgan fingerprint density at radius 2 is 1.76 bits per heavy atom. The van der Waals surface area contributed by atoms with Crippen LogP contribution in [0.2, 0.25) is 5.02 Å². The number of nitrogens with zero attached hydrogens (tertiary/aromatic N) is 3. The number of carbonyl (C=O) groups is 1. The van der Waals surface area contributed by atoms with Crippen LogP contribution in [0.15, 0.2) is 72.8 Å². The maximum Gasteiger partial charge on any atom is 0.264 e. The number of aryl methyl sites for hydroxylation is 1. The predicted octanol–water partition coefficient (Wildman–Crippen LogP) is 6.59. The van der Waals surface area contributed by atoms with E-state index in [9.17, 15) is 9.18 Å². The molecule has 1 aliphatic rings. The van der Waals surface area contributed by atoms with Crippen LogP contribution < -0.4 is 10.1 Å². The fraction of sp³-hybridized carbons (Fsp3) is 0.241. The van der Waals surface area contributed by atoms with Crippen LogP contribution in [0.1, 0.15) is 24.7 Å². The molecule has 190 valence electrons. The standard InChI is InChI=1S/C29H28ClFN4O2/c1-3-25(37-24-14-8-21(30)9-15-24)29(36)34-16-17-35-26(18-34)33-27(20-6-10-22(31)11-7-20)28(35)32-23-12-4-19(2)5-13-23/h4-15,25,32H,3,16-18H2,1-2H3. The van der Waals surface area contributed by atoms with Gasteiger partial charge >= 0.3 is 0 Å². The number of aromatic nitrogens is 2. The van der Waals surface area contributed by atoms with Gasteiger partial charge in [0.1, 0.15) is 28.9 Å². The zero-order valence-corrected chi connectivity index (χ0v) is 21.5. The lowest BCUT2D eigenvalue weighted by Gasteiger charge is -2.31. The topological polar surface area (TPSA) is 59.4 Å². The molecule has 4 aromatic rings. The molecule has 0 saturated heterocycles. The van der Waals surface area contributed by atoms with Crippen LogP contribution in [0, 0.1) is 12.7 Å². The molecule has 0 radical (unpaired) electrons. The molecule has 8 heteroatoms. The van der Waals surface area contributed by atoms with Crippen LogP contribution in [0.5, 0.6) is 5.75 Å². The minimum atomic E-state index is -0.607. The molecule has 6 nitrogen and oxygen atoms in total. The second-order valence-electron chi connectivity index (χ2n) is 9.10. The van der Waals surface area contributed by atoms with Gasteiger partial charge in [-0.25, -0.2) is 9.37 Å². The Kier molecular flexibility index (Phi) is 7.15. The summed E-state index contributed by atoms with van der Waals surface area (Å²) < 4.78 is 21.7. The summed E-state index contributed by atoms with van der Waals surface area (Å²) in [7, 11) is 0. The average molecular weight is 519 g/mol. The summed E-state index contributed by atoms with van der Waals surface area (Å²) in [5.74, 6) is 1.80. The van der Waals surface area contributed by atoms with Crippen molar-refractivity contribution in [2.45, 2.75) is 39.5 Å². The summed E-state index contributed by atoms with van der Waals surface area (Å²) in [5, 5.41) is 4.12. The van der Waals surface area contributed by atoms with E-state index in [1.54, 1.807) is 41.3 Å². The van der Waals surface area contributed by atoms with Crippen molar-refractivity contribution in [3.8, 4) is 17.0 Å². The van der Waals surface area contributed by atoms with Crippen LogP contribution in [-0.4, -0.2) is 33.0 Å². The first-order chi connectivity index (χ1) is 17.9. The van der Waals surface area contributed by atoms with Gasteiger partial charge in [0.15, 0.2) is 6.10 Å². The summed E-state index contributed by atoms with van der Waals surface area (Å²) in [6.07, 6.45) is -0.0718. The molecule has 2 heterocycles. The Morgan fingerprint density at radius 1 is 1.05 bits per heavy atom. The third-order valence-electron chi connectivity index (χ3n) is 6.45. The SMILES string of the molecule is CCC(Oc1ccc(Cl)cc1)C(=O)N1CCn2c(nc(-c3ccc(F)cc3)c2Nc2ccc(C)cc2)C1. The van der Waals surface area contributed by atoms with Crippen LogP contribution in [0.4, 0.5) is 15.9 Å². The minimum absolute atomic E-state index is 0.0805. The number of hydrogen-bond donors (Lipinski definition) is 1. The number of nitrogens with one attached hydrogen (secondary N) is 1. The van der Waals surface area contributed by atoms with Gasteiger partial charge < -0.3 is 19.5 Å². The molecule has 1 aliphatic heterocycles. The van der Waals surface area contributed by atoms with Crippen molar-refractivity contribution in [2.75, 3.05) is 11.9 Å². The van der Waals surface area contributed by atoms with Crippen molar-refractivity contribution in [3.05, 3.63) is 95.0 Å². The molecule has 1 atom stereocenters. The van der Waals surface area contributed by atoms with E-state index in [0.29, 0.717) is 42.5 Å². The van der Waals surface area contributed by atoms with Gasteiger partial charge in [0, 0.05) is 29.4 Å². The zero-order chi connectivity index (χ0) is 25.9. The highest BCUT2D eigenvalue weighted by molar-refractivity contribution is 6.30. The smallest absolute Gasteiger partial charge is 0.264 e. The molecule has 3 aromatic carbocycles. The Bertz CT molecular complexity index is 1390. The lowest BCUT2D eigenvalue weighted by molar-refractivity contribution is -0.140. The predicted molar refractivity (Wildman–Crippen MR) is 144 cm³/mol. The lowest BCUT2D eigenvalue weighted by atomic mass is 10.1. The van der Waals surface area contributed by atoms with Gasteiger partial charge in [-0.15, -0.1) is 0 Å². The fourth-order valence-corrected chi connectivity index (χ4v) is 4.54. The van der Waals surface area contributed by atoms with E-state index in [1.165, 1.54) is 17.7 Å². The maximum atomic E-state index is 13.6. The summed E-state index contributed by atoms with van der Waals surface area (Å²) in [4.78, 5) is 20.1. The first kappa shape index (κ1) is 24.8. The highest BCUT2D eigenvalue weighted by Crippen LogP contribution is 2.33. The van der Waals surface area contributed by atoms with E-state index in [2.05, 4.69) is 9.88 Å². The molecular weight excluding hydrogens is 491 g/mol. The van der Waals surface area contributed by atoms with E-state index in [0.717, 1.165) is 22.9 Å². The molecule has 1 unspecified atom stereocenters. The molecule has 0 fully saturated rings. The normalized spacial score (nSPS) is 13.7. The van der Waals surface area contributed by atoms with Gasteiger partial charge in [0.2, 0.25) is 0 Å². The highest BCUT2D eigenvalue weighted by atomic mass is 35.5. The van der Waals surface area contributed by atoms with Gasteiger partial charge in [-0.3, -0.25) is 4.79 Å². The van der Waals surface area contributed by atoms with Crippen LogP contribution in [0.25, 0.3) is 11.3 Å². The Balaban J connectivity index is 1.42. The molecule has 1 aromatic heterocycles. The van der Waals surface area contributed by atoms with E-state index >= 15 is 0 Å². The van der Waals surface area contributed by atoms with Gasteiger partial charge in [-0.2, -0.15) is 0 Å². The third kappa shape index (κ3) is 5.47. The number of amides is 1. The number of rotatable bonds is 7. The van der Waals surface area contributed by atoms with E-state index < -0.39 is 6.10 Å². The third-order valence-corrected chi connectivity index (χ3v) is 6.71. The van der Waals surface area contributed by atoms with Crippen molar-refractivity contribution in [1.82, 2.24) is 14.5 Å². The molecule has 0 bridgehead atoms. The number of anilines is 2. The Labute approximate surface area is 220 Å². The fourth-order valence-electron chi connectivity index (χ4n) is 4.42. The van der Waals surface area contributed by atoms with Crippen molar-refractivity contribution in [1.29, 1.82) is 0 Å². The summed E-state index contributed by atoms with van der Waals surface area (Å²) in [6.45, 7) is 5.41. The second kappa shape index (κ2) is 10.6. The van der Waals surface area contributed by atoms with Gasteiger partial charge in [0.25, 0.3) is 5.91 Å². The van der Waals surface area contributed by atoms with Crippen molar-refractivity contribution >= 4 is 29.0 Å². The molecule has 0 saturated carbocycles. The van der Waals surface area contributed by atoms with Gasteiger partial charge in [-0.05, 0) is 74.0 Å². The second-order valence-corrected chi connectivity index (χ2v) is 9.54. The molecule has 5 rings (SSSR count). The first-order valence-electron chi connectivity index (χ1n) is 12.3. The number of fused-ring (bicyclic) bond motifs is 1. The van der Waals surface area contributed by atoms with Crippen molar-refractivity contribution in [2.24, 2.45) is 0 Å². The Morgan fingerprint density at radius 3 is 2.43 bits per heavy atom. The molecule has 0 aliphatic carbocycles. The van der Waals surface area contributed by atoms with Gasteiger partial charge in [-0.1, -0.05) is 36.2 Å². The number of hydrogen-bond acceptors (Lipinski definition) is 4. The minimum Gasteiger partial charge on any atom is -0.481 e. The summed E-state index contributed by atoms with van der Waals surface area (Å²) in [6, 6.07) is 21.4. The number of benzene rings is 3. The number of imidazole rings is 1. The zero-order valence-electron chi connectivity index (χ0n) is 20.7. The van der Waals surface area contributed by atoms with Crippen molar-refractivity contribution in [3.63, 3.8) is 0 Å². The number of halogens is 2. The quantitative estimate of drug-likeness (QED) is 0.299. The summed E-state index contributed by atoms with van der Waals surface area (Å²) >= 11 is 5.98. The number of carbonyl (C=O) groups excluding carboxylic acids is 1. The lowest BCUT2D eigenvalue weighted by Crippen LogP contribution is -2.45. The molecule has 37 heavy (non-hydrogen) atoms. The van der Waals surface area contributed by atoms with Crippen molar-refractivity contribution < 1.29 is 13.9 Å². The number of ether oxygens (including phenoxy) is 1. The Hall–Kier alpha value is -3.84. The maximum absolute atomic E-state index is 13.6. The average Bonchev–Trinajstić information content (AvgIpc) is 3.27. The monoisotopic (exact) mass is 518 g/mol. The van der Waals surface area contributed by atoms with E-state index in [4.69, 9.17) is 21.3 Å². The molecule has 1 amide bonds. The largest absolute Gasteiger partial charge is 0.481 e. The van der Waals surface area contributed by atoms with Crippen LogP contribution in [0.3, 0.4) is 0 Å². The van der Waals surface area contributed by atoms with Crippen LogP contribution >= 0.6 is 11.6 Å². The molecule has 0 spiro atoms. The van der Waals surface area contributed by atoms with Crippen LogP contribution in [-0.2, 0) is 17.9 Å². The summed E-state index contributed by atoms with van der Waals surface area (Å²) in [5.41, 5.74) is 3.61. The first-order valence-corrected chi connectivity index (χ1v) is 12.7. The highest BCUT2D eigenvalue weighted by Gasteiger charge is 2.31. The van der Waals surface area contributed by atoms with E-state index in [1.807, 2.05) is 38.1 Å². The van der Waals surface area contributed by atoms with Gasteiger partial charge in [0.05, 0.1) is 6.54 Å². The van der Waals surface area contributed by atoms with E-state index in [-0.39, 0.29) is 11.7 Å². The molecule has 1 N–H and O–H groups in total. The molecular formula is C29H28ClFN4O2.